The molecule has 8 nitrogen and oxygen atoms in total. The molecule has 0 unspecified atom stereocenters. The van der Waals surface area contributed by atoms with Crippen molar-refractivity contribution in [2.24, 2.45) is 0 Å². The first-order valence-electron chi connectivity index (χ1n) is 5.49. The smallest absolute Gasteiger partial charge is 0.360 e. The lowest BCUT2D eigenvalue weighted by atomic mass is 10.2. The maximum absolute atomic E-state index is 11.6. The number of hydrogen-bond donors (Lipinski definition) is 1. The first kappa shape index (κ1) is 13.4. The summed E-state index contributed by atoms with van der Waals surface area (Å²) >= 11 is 0. The summed E-state index contributed by atoms with van der Waals surface area (Å²) in [7, 11) is 0. The Balaban J connectivity index is 2.55. The van der Waals surface area contributed by atoms with Crippen LogP contribution >= 0.6 is 0 Å². The summed E-state index contributed by atoms with van der Waals surface area (Å²) < 4.78 is 1.20. The molecule has 0 radical (unpaired) electrons. The number of rotatable bonds is 3. The fourth-order valence-corrected chi connectivity index (χ4v) is 1.61. The van der Waals surface area contributed by atoms with E-state index in [4.69, 9.17) is 5.11 Å². The van der Waals surface area contributed by atoms with E-state index >= 15 is 0 Å². The van der Waals surface area contributed by atoms with Crippen LogP contribution in [0, 0.1) is 17.0 Å². The first-order valence-corrected chi connectivity index (χ1v) is 5.49. The Labute approximate surface area is 112 Å². The van der Waals surface area contributed by atoms with Crippen LogP contribution in [0.2, 0.25) is 0 Å². The van der Waals surface area contributed by atoms with Crippen molar-refractivity contribution in [2.45, 2.75) is 6.92 Å². The second-order valence-electron chi connectivity index (χ2n) is 4.01. The highest BCUT2D eigenvalue weighted by Crippen LogP contribution is 2.14. The summed E-state index contributed by atoms with van der Waals surface area (Å²) in [4.78, 5) is 32.5. The van der Waals surface area contributed by atoms with Crippen molar-refractivity contribution in [2.75, 3.05) is 0 Å². The summed E-state index contributed by atoms with van der Waals surface area (Å²) in [5.41, 5.74) is -0.707. The topological polar surface area (TPSA) is 115 Å². The third-order valence-corrected chi connectivity index (χ3v) is 2.62. The van der Waals surface area contributed by atoms with Crippen LogP contribution in [0.25, 0.3) is 5.69 Å². The Morgan fingerprint density at radius 1 is 1.35 bits per heavy atom. The molecule has 0 amide bonds. The molecule has 0 aliphatic carbocycles. The highest BCUT2D eigenvalue weighted by atomic mass is 16.6. The van der Waals surface area contributed by atoms with Gasteiger partial charge in [0.05, 0.1) is 10.6 Å². The van der Waals surface area contributed by atoms with Gasteiger partial charge in [0.1, 0.15) is 0 Å². The summed E-state index contributed by atoms with van der Waals surface area (Å²) in [6.45, 7) is 1.47. The van der Waals surface area contributed by atoms with Crippen LogP contribution in [0.4, 0.5) is 5.69 Å². The normalized spacial score (nSPS) is 10.2. The van der Waals surface area contributed by atoms with E-state index in [2.05, 4.69) is 5.10 Å². The Bertz CT molecular complexity index is 749. The molecule has 0 fully saturated rings. The average Bonchev–Trinajstić information content (AvgIpc) is 2.41. The number of carbonyl (C=O) groups is 1. The van der Waals surface area contributed by atoms with Crippen LogP contribution in [0.15, 0.2) is 35.3 Å². The molecule has 0 spiro atoms. The summed E-state index contributed by atoms with van der Waals surface area (Å²) in [6, 6.07) is 5.37. The maximum atomic E-state index is 11.6. The van der Waals surface area contributed by atoms with Crippen molar-refractivity contribution in [1.82, 2.24) is 9.78 Å². The predicted molar refractivity (Wildman–Crippen MR) is 68.2 cm³/mol. The zero-order chi connectivity index (χ0) is 14.9. The molecule has 0 saturated heterocycles. The third-order valence-electron chi connectivity index (χ3n) is 2.62. The Morgan fingerprint density at radius 2 is 1.95 bits per heavy atom. The number of nitro groups is 1. The lowest BCUT2D eigenvalue weighted by Crippen LogP contribution is -2.23. The SMILES string of the molecule is Cc1cn(-c2ccc([N+](=O)[O-])cc2)nc(C(=O)O)c1=O. The van der Waals surface area contributed by atoms with Gasteiger partial charge in [-0.25, -0.2) is 9.48 Å². The van der Waals surface area contributed by atoms with Crippen molar-refractivity contribution >= 4 is 11.7 Å². The molecule has 2 aromatic rings. The van der Waals surface area contributed by atoms with Crippen molar-refractivity contribution in [3.63, 3.8) is 0 Å². The predicted octanol–water partition coefficient (Wildman–Crippen LogP) is 1.15. The molecule has 8 heteroatoms. The van der Waals surface area contributed by atoms with E-state index in [0.29, 0.717) is 5.69 Å². The molecule has 20 heavy (non-hydrogen) atoms. The largest absolute Gasteiger partial charge is 0.476 e. The van der Waals surface area contributed by atoms with Gasteiger partial charge in [-0.1, -0.05) is 0 Å². The molecule has 0 atom stereocenters. The van der Waals surface area contributed by atoms with Gasteiger partial charge < -0.3 is 5.11 Å². The number of aromatic carboxylic acids is 1. The number of carboxylic acids is 1. The quantitative estimate of drug-likeness (QED) is 0.663. The zero-order valence-corrected chi connectivity index (χ0v) is 10.3. The van der Waals surface area contributed by atoms with Crippen LogP contribution in [-0.4, -0.2) is 25.8 Å². The molecule has 1 heterocycles. The van der Waals surface area contributed by atoms with Crippen LogP contribution in [0.5, 0.6) is 0 Å². The highest BCUT2D eigenvalue weighted by Gasteiger charge is 2.14. The summed E-state index contributed by atoms with van der Waals surface area (Å²) in [5, 5.41) is 23.2. The van der Waals surface area contributed by atoms with Gasteiger partial charge >= 0.3 is 5.97 Å². The van der Waals surface area contributed by atoms with Gasteiger partial charge in [0, 0.05) is 23.9 Å². The number of nitrogens with zero attached hydrogens (tertiary/aromatic N) is 3. The molecular formula is C12H9N3O5. The lowest BCUT2D eigenvalue weighted by molar-refractivity contribution is -0.384. The molecule has 0 bridgehead atoms. The molecule has 0 aliphatic heterocycles. The van der Waals surface area contributed by atoms with Gasteiger partial charge in [-0.2, -0.15) is 5.10 Å². The van der Waals surface area contributed by atoms with Gasteiger partial charge in [-0.3, -0.25) is 14.9 Å². The fourth-order valence-electron chi connectivity index (χ4n) is 1.61. The second kappa shape index (κ2) is 4.92. The van der Waals surface area contributed by atoms with E-state index in [0.717, 1.165) is 0 Å². The monoisotopic (exact) mass is 275 g/mol. The Morgan fingerprint density at radius 3 is 2.45 bits per heavy atom. The molecule has 102 valence electrons. The Hall–Kier alpha value is -3.03. The van der Waals surface area contributed by atoms with Gasteiger partial charge in [-0.05, 0) is 19.1 Å². The van der Waals surface area contributed by atoms with Crippen molar-refractivity contribution in [3.8, 4) is 5.69 Å². The van der Waals surface area contributed by atoms with E-state index in [1.54, 1.807) is 0 Å². The maximum Gasteiger partial charge on any atom is 0.360 e. The standard InChI is InChI=1S/C12H9N3O5/c1-7-6-14(13-10(11(7)16)12(17)18)8-2-4-9(5-3-8)15(19)20/h2-6H,1H3,(H,17,18). The zero-order valence-electron chi connectivity index (χ0n) is 10.3. The number of nitro benzene ring substituents is 1. The van der Waals surface area contributed by atoms with E-state index < -0.39 is 22.0 Å². The molecule has 2 rings (SSSR count). The molecule has 1 N–H and O–H groups in total. The number of aryl methyl sites for hydroxylation is 1. The van der Waals surface area contributed by atoms with E-state index in [1.165, 1.54) is 42.1 Å². The van der Waals surface area contributed by atoms with Crippen LogP contribution < -0.4 is 5.43 Å². The molecule has 0 aliphatic rings. The lowest BCUT2D eigenvalue weighted by Gasteiger charge is -2.07. The van der Waals surface area contributed by atoms with Crippen LogP contribution in [-0.2, 0) is 0 Å². The highest BCUT2D eigenvalue weighted by molar-refractivity contribution is 5.85. The molecular weight excluding hydrogens is 266 g/mol. The first-order chi connectivity index (χ1) is 9.40. The fraction of sp³-hybridized carbons (Fsp3) is 0.0833. The van der Waals surface area contributed by atoms with E-state index in [1.807, 2.05) is 0 Å². The summed E-state index contributed by atoms with van der Waals surface area (Å²) in [5.74, 6) is -1.42. The minimum absolute atomic E-state index is 0.0926. The van der Waals surface area contributed by atoms with Crippen LogP contribution in [0.1, 0.15) is 16.1 Å². The van der Waals surface area contributed by atoms with E-state index in [-0.39, 0.29) is 11.3 Å². The minimum atomic E-state index is -1.42. The minimum Gasteiger partial charge on any atom is -0.476 e. The molecule has 1 aromatic heterocycles. The number of hydrogen-bond acceptors (Lipinski definition) is 5. The van der Waals surface area contributed by atoms with Crippen molar-refractivity contribution in [1.29, 1.82) is 0 Å². The second-order valence-corrected chi connectivity index (χ2v) is 4.01. The van der Waals surface area contributed by atoms with E-state index in [9.17, 15) is 19.7 Å². The van der Waals surface area contributed by atoms with Gasteiger partial charge in [0.2, 0.25) is 11.1 Å². The number of carboxylic acid groups (broad SMARTS) is 1. The van der Waals surface area contributed by atoms with Gasteiger partial charge in [-0.15, -0.1) is 0 Å². The Kier molecular flexibility index (Phi) is 3.30. The van der Waals surface area contributed by atoms with Gasteiger partial charge in [0.15, 0.2) is 0 Å². The van der Waals surface area contributed by atoms with Crippen molar-refractivity contribution in [3.05, 3.63) is 62.1 Å². The number of benzene rings is 1. The molecule has 0 saturated carbocycles. The third kappa shape index (κ3) is 2.39. The number of aromatic nitrogens is 2. The molecule has 1 aromatic carbocycles. The average molecular weight is 275 g/mol. The number of non-ortho nitro benzene ring substituents is 1. The summed E-state index contributed by atoms with van der Waals surface area (Å²) in [6.07, 6.45) is 1.37. The van der Waals surface area contributed by atoms with Crippen molar-refractivity contribution < 1.29 is 14.8 Å². The van der Waals surface area contributed by atoms with Crippen LogP contribution in [0.3, 0.4) is 0 Å². The van der Waals surface area contributed by atoms with Gasteiger partial charge in [0.25, 0.3) is 5.69 Å².